The number of rotatable bonds is 6. The Morgan fingerprint density at radius 1 is 1.20 bits per heavy atom. The number of amides is 3. The van der Waals surface area contributed by atoms with Crippen molar-refractivity contribution in [3.8, 4) is 5.75 Å². The normalized spacial score (nSPS) is 18.4. The van der Waals surface area contributed by atoms with Crippen LogP contribution in [0.1, 0.15) is 19.8 Å². The number of ether oxygens (including phenoxy) is 1. The molecule has 1 aromatic carbocycles. The number of anilines is 1. The fourth-order valence-electron chi connectivity index (χ4n) is 3.09. The summed E-state index contributed by atoms with van der Waals surface area (Å²) in [5.74, 6) is 0.188. The molecule has 134 valence electrons. The largest absolute Gasteiger partial charge is 0.492 e. The van der Waals surface area contributed by atoms with E-state index in [1.165, 1.54) is 0 Å². The lowest BCUT2D eigenvalue weighted by atomic mass is 10.0. The van der Waals surface area contributed by atoms with Crippen molar-refractivity contribution in [1.29, 1.82) is 0 Å². The highest BCUT2D eigenvalue weighted by molar-refractivity contribution is 6.13. The van der Waals surface area contributed by atoms with E-state index in [2.05, 4.69) is 5.32 Å². The summed E-state index contributed by atoms with van der Waals surface area (Å²) < 4.78 is 5.52. The molecule has 1 aliphatic heterocycles. The number of nitrogens with zero attached hydrogens (tertiary/aromatic N) is 2. The third-order valence-corrected chi connectivity index (χ3v) is 4.78. The smallest absolute Gasteiger partial charge is 0.240 e. The van der Waals surface area contributed by atoms with Crippen LogP contribution < -0.4 is 10.1 Å². The molecule has 7 heteroatoms. The number of carbonyl (C=O) groups is 3. The second-order valence-corrected chi connectivity index (χ2v) is 6.40. The van der Waals surface area contributed by atoms with Gasteiger partial charge in [-0.1, -0.05) is 12.1 Å². The molecule has 0 bridgehead atoms. The first kappa shape index (κ1) is 17.3. The number of nitrogens with one attached hydrogen (secondary N) is 1. The lowest BCUT2D eigenvalue weighted by Crippen LogP contribution is -2.52. The number of para-hydroxylation sites is 2. The Labute approximate surface area is 146 Å². The first-order valence-electron chi connectivity index (χ1n) is 8.63. The summed E-state index contributed by atoms with van der Waals surface area (Å²) in [5.41, 5.74) is -0.387. The molecular weight excluding hydrogens is 322 g/mol. The number of hydrogen-bond donors (Lipinski definition) is 1. The molecule has 0 spiro atoms. The number of benzene rings is 1. The lowest BCUT2D eigenvalue weighted by Gasteiger charge is -2.34. The average molecular weight is 345 g/mol. The van der Waals surface area contributed by atoms with Crippen molar-refractivity contribution < 1.29 is 19.1 Å². The van der Waals surface area contributed by atoms with Crippen molar-refractivity contribution in [2.45, 2.75) is 19.8 Å². The first-order chi connectivity index (χ1) is 12.1. The Bertz CT molecular complexity index is 664. The molecule has 1 saturated heterocycles. The van der Waals surface area contributed by atoms with Crippen molar-refractivity contribution in [3.05, 3.63) is 24.3 Å². The molecule has 3 rings (SSSR count). The molecule has 7 nitrogen and oxygen atoms in total. The van der Waals surface area contributed by atoms with E-state index < -0.39 is 5.41 Å². The molecule has 1 N–H and O–H groups in total. The van der Waals surface area contributed by atoms with E-state index in [0.29, 0.717) is 57.1 Å². The minimum absolute atomic E-state index is 0.135. The van der Waals surface area contributed by atoms with Gasteiger partial charge in [0, 0.05) is 26.2 Å². The van der Waals surface area contributed by atoms with Gasteiger partial charge in [-0.3, -0.25) is 14.4 Å². The maximum Gasteiger partial charge on any atom is 0.240 e. The van der Waals surface area contributed by atoms with Crippen molar-refractivity contribution >= 4 is 23.9 Å². The predicted octanol–water partition coefficient (Wildman–Crippen LogP) is 1.10. The summed E-state index contributed by atoms with van der Waals surface area (Å²) in [4.78, 5) is 39.7. The van der Waals surface area contributed by atoms with E-state index in [0.717, 1.165) is 6.41 Å². The van der Waals surface area contributed by atoms with Crippen LogP contribution in [-0.2, 0) is 14.4 Å². The van der Waals surface area contributed by atoms with Gasteiger partial charge in [0.1, 0.15) is 11.2 Å². The maximum atomic E-state index is 12.8. The molecule has 1 saturated carbocycles. The van der Waals surface area contributed by atoms with Crippen LogP contribution in [0.3, 0.4) is 0 Å². The topological polar surface area (TPSA) is 79.0 Å². The molecule has 25 heavy (non-hydrogen) atoms. The molecule has 0 atom stereocenters. The second kappa shape index (κ2) is 7.13. The summed E-state index contributed by atoms with van der Waals surface area (Å²) in [6.45, 7) is 4.35. The van der Waals surface area contributed by atoms with Gasteiger partial charge in [0.15, 0.2) is 0 Å². The maximum absolute atomic E-state index is 12.8. The van der Waals surface area contributed by atoms with Gasteiger partial charge in [0.25, 0.3) is 0 Å². The van der Waals surface area contributed by atoms with Crippen LogP contribution in [0.2, 0.25) is 0 Å². The van der Waals surface area contributed by atoms with Gasteiger partial charge in [-0.25, -0.2) is 0 Å². The third-order valence-electron chi connectivity index (χ3n) is 4.78. The van der Waals surface area contributed by atoms with Crippen LogP contribution in [-0.4, -0.2) is 60.8 Å². The van der Waals surface area contributed by atoms with E-state index in [9.17, 15) is 14.4 Å². The van der Waals surface area contributed by atoms with Gasteiger partial charge < -0.3 is 19.9 Å². The van der Waals surface area contributed by atoms with E-state index >= 15 is 0 Å². The molecule has 0 aromatic heterocycles. The standard InChI is InChI=1S/C18H23N3O4/c1-2-25-15-6-4-3-5-14(15)19-16(23)18(7-8-18)17(24)21-11-9-20(13-22)10-12-21/h3-6,13H,2,7-12H2,1H3,(H,19,23). The van der Waals surface area contributed by atoms with Crippen LogP contribution in [0.5, 0.6) is 5.75 Å². The third kappa shape index (κ3) is 3.45. The monoisotopic (exact) mass is 345 g/mol. The highest BCUT2D eigenvalue weighted by Crippen LogP contribution is 2.48. The Morgan fingerprint density at radius 2 is 1.88 bits per heavy atom. The molecule has 0 unspecified atom stereocenters. The first-order valence-corrected chi connectivity index (χ1v) is 8.63. The highest BCUT2D eigenvalue weighted by atomic mass is 16.5. The fraction of sp³-hybridized carbons (Fsp3) is 0.500. The summed E-state index contributed by atoms with van der Waals surface area (Å²) in [6.07, 6.45) is 1.91. The summed E-state index contributed by atoms with van der Waals surface area (Å²) in [6, 6.07) is 7.22. The molecule has 2 fully saturated rings. The predicted molar refractivity (Wildman–Crippen MR) is 92.1 cm³/mol. The van der Waals surface area contributed by atoms with E-state index in [-0.39, 0.29) is 11.8 Å². The van der Waals surface area contributed by atoms with Gasteiger partial charge in [-0.2, -0.15) is 0 Å². The number of carbonyl (C=O) groups excluding carboxylic acids is 3. The lowest BCUT2D eigenvalue weighted by molar-refractivity contribution is -0.144. The minimum Gasteiger partial charge on any atom is -0.492 e. The molecule has 0 radical (unpaired) electrons. The Morgan fingerprint density at radius 3 is 2.48 bits per heavy atom. The number of piperazine rings is 1. The zero-order valence-corrected chi connectivity index (χ0v) is 14.4. The Hall–Kier alpha value is -2.57. The number of hydrogen-bond acceptors (Lipinski definition) is 4. The quantitative estimate of drug-likeness (QED) is 0.619. The highest BCUT2D eigenvalue weighted by Gasteiger charge is 2.58. The van der Waals surface area contributed by atoms with E-state index in [1.807, 2.05) is 19.1 Å². The zero-order chi connectivity index (χ0) is 17.9. The molecule has 2 aliphatic rings. The molecular formula is C18H23N3O4. The Balaban J connectivity index is 1.67. The van der Waals surface area contributed by atoms with Crippen LogP contribution in [0.15, 0.2) is 24.3 Å². The van der Waals surface area contributed by atoms with Gasteiger partial charge in [-0.15, -0.1) is 0 Å². The summed E-state index contributed by atoms with van der Waals surface area (Å²) >= 11 is 0. The molecule has 1 aliphatic carbocycles. The van der Waals surface area contributed by atoms with Gasteiger partial charge in [0.05, 0.1) is 12.3 Å². The SMILES string of the molecule is CCOc1ccccc1NC(=O)C1(C(=O)N2CCN(C=O)CC2)CC1. The second-order valence-electron chi connectivity index (χ2n) is 6.40. The van der Waals surface area contributed by atoms with Crippen LogP contribution in [0.25, 0.3) is 0 Å². The summed E-state index contributed by atoms with van der Waals surface area (Å²) in [7, 11) is 0. The van der Waals surface area contributed by atoms with E-state index in [1.54, 1.807) is 21.9 Å². The minimum atomic E-state index is -0.970. The zero-order valence-electron chi connectivity index (χ0n) is 14.4. The van der Waals surface area contributed by atoms with Crippen molar-refractivity contribution in [1.82, 2.24) is 9.80 Å². The summed E-state index contributed by atoms with van der Waals surface area (Å²) in [5, 5.41) is 2.86. The molecule has 1 heterocycles. The van der Waals surface area contributed by atoms with Crippen molar-refractivity contribution in [2.75, 3.05) is 38.1 Å². The van der Waals surface area contributed by atoms with Crippen molar-refractivity contribution in [3.63, 3.8) is 0 Å². The fourth-order valence-corrected chi connectivity index (χ4v) is 3.09. The van der Waals surface area contributed by atoms with Gasteiger partial charge in [-0.05, 0) is 31.9 Å². The van der Waals surface area contributed by atoms with Crippen LogP contribution >= 0.6 is 0 Å². The van der Waals surface area contributed by atoms with Gasteiger partial charge in [0.2, 0.25) is 18.2 Å². The van der Waals surface area contributed by atoms with Crippen LogP contribution in [0, 0.1) is 5.41 Å². The Kier molecular flexibility index (Phi) is 4.92. The van der Waals surface area contributed by atoms with Crippen molar-refractivity contribution in [2.24, 2.45) is 5.41 Å². The van der Waals surface area contributed by atoms with Crippen LogP contribution in [0.4, 0.5) is 5.69 Å². The van der Waals surface area contributed by atoms with E-state index in [4.69, 9.17) is 4.74 Å². The molecule has 3 amide bonds. The average Bonchev–Trinajstić information content (AvgIpc) is 3.45. The van der Waals surface area contributed by atoms with Gasteiger partial charge >= 0.3 is 0 Å². The molecule has 1 aromatic rings.